The van der Waals surface area contributed by atoms with E-state index in [1.165, 1.54) is 0 Å². The number of carbonyl (C=O) groups excluding carboxylic acids is 1. The summed E-state index contributed by atoms with van der Waals surface area (Å²) in [6.45, 7) is 1.89. The maximum absolute atomic E-state index is 13.0. The number of carbonyl (C=O) groups is 1. The maximum Gasteiger partial charge on any atom is 0.389 e. The second kappa shape index (κ2) is 8.56. The van der Waals surface area contributed by atoms with Crippen molar-refractivity contribution < 1.29 is 27.9 Å². The normalized spacial score (nSPS) is 20.2. The molecule has 2 aromatic carbocycles. The van der Waals surface area contributed by atoms with Crippen molar-refractivity contribution in [3.8, 4) is 11.8 Å². The highest BCUT2D eigenvalue weighted by molar-refractivity contribution is 6.06. The molecule has 1 aliphatic heterocycles. The first-order chi connectivity index (χ1) is 15.6. The minimum atomic E-state index is -4.21. The summed E-state index contributed by atoms with van der Waals surface area (Å²) in [5.41, 5.74) is 2.92. The average Bonchev–Trinajstić information content (AvgIpc) is 3.13. The van der Waals surface area contributed by atoms with Crippen LogP contribution in [0.4, 0.5) is 13.2 Å². The lowest BCUT2D eigenvalue weighted by Crippen LogP contribution is -2.49. The van der Waals surface area contributed by atoms with Crippen LogP contribution in [-0.4, -0.2) is 29.0 Å². The molecule has 5 nitrogen and oxygen atoms in total. The van der Waals surface area contributed by atoms with Crippen molar-refractivity contribution in [3.05, 3.63) is 70.3 Å². The standard InChI is InChI=1S/C25H23F3N2O3/c1-16-3-5-17(6-4-16)20-14-24(30(32)23(31)21(20)15-29)11-9-18-13-19(7-8-22(18)24)33-12-2-10-25(26,27)28/h3-8,13,32H,2,9-12,14H2,1H3. The van der Waals surface area contributed by atoms with Gasteiger partial charge in [0, 0.05) is 12.8 Å². The van der Waals surface area contributed by atoms with Gasteiger partial charge < -0.3 is 4.74 Å². The quantitative estimate of drug-likeness (QED) is 0.479. The van der Waals surface area contributed by atoms with E-state index in [1.54, 1.807) is 18.2 Å². The number of rotatable bonds is 5. The molecule has 8 heteroatoms. The Labute approximate surface area is 189 Å². The van der Waals surface area contributed by atoms with Crippen molar-refractivity contribution in [2.45, 2.75) is 50.7 Å². The molecular formula is C25H23F3N2O3. The first kappa shape index (κ1) is 22.9. The number of benzene rings is 2. The summed E-state index contributed by atoms with van der Waals surface area (Å²) >= 11 is 0. The third-order valence-electron chi connectivity index (χ3n) is 6.35. The maximum atomic E-state index is 13.0. The number of hydrogen-bond donors (Lipinski definition) is 1. The predicted molar refractivity (Wildman–Crippen MR) is 114 cm³/mol. The lowest BCUT2D eigenvalue weighted by molar-refractivity contribution is -0.193. The Balaban J connectivity index is 1.62. The number of fused-ring (bicyclic) bond motifs is 2. The van der Waals surface area contributed by atoms with E-state index in [0.717, 1.165) is 22.3 Å². The van der Waals surface area contributed by atoms with Gasteiger partial charge in [-0.1, -0.05) is 35.9 Å². The van der Waals surface area contributed by atoms with Crippen LogP contribution in [0.5, 0.6) is 5.75 Å². The van der Waals surface area contributed by atoms with Crippen molar-refractivity contribution in [3.63, 3.8) is 0 Å². The number of ether oxygens (including phenoxy) is 1. The summed E-state index contributed by atoms with van der Waals surface area (Å²) in [5, 5.41) is 21.2. The topological polar surface area (TPSA) is 73.6 Å². The third kappa shape index (κ3) is 4.33. The summed E-state index contributed by atoms with van der Waals surface area (Å²) in [6, 6.07) is 14.7. The monoisotopic (exact) mass is 456 g/mol. The van der Waals surface area contributed by atoms with Crippen molar-refractivity contribution in [2.75, 3.05) is 6.61 Å². The molecule has 0 radical (unpaired) electrons. The zero-order valence-corrected chi connectivity index (χ0v) is 18.1. The van der Waals surface area contributed by atoms with Gasteiger partial charge >= 0.3 is 6.18 Å². The lowest BCUT2D eigenvalue weighted by Gasteiger charge is -2.41. The number of alkyl halides is 3. The molecule has 1 unspecified atom stereocenters. The molecule has 1 atom stereocenters. The molecule has 1 aliphatic carbocycles. The van der Waals surface area contributed by atoms with Crippen LogP contribution in [-0.2, 0) is 16.8 Å². The summed E-state index contributed by atoms with van der Waals surface area (Å²) in [5.74, 6) is -0.286. The first-order valence-electron chi connectivity index (χ1n) is 10.7. The number of amides is 1. The Bertz CT molecular complexity index is 1150. The third-order valence-corrected chi connectivity index (χ3v) is 6.35. The van der Waals surface area contributed by atoms with Gasteiger partial charge in [-0.3, -0.25) is 10.0 Å². The predicted octanol–water partition coefficient (Wildman–Crippen LogP) is 5.46. The number of halogens is 3. The number of nitriles is 1. The molecular weight excluding hydrogens is 433 g/mol. The fraction of sp³-hybridized carbons (Fsp3) is 0.360. The number of hydrogen-bond acceptors (Lipinski definition) is 4. The van der Waals surface area contributed by atoms with Crippen LogP contribution in [0.15, 0.2) is 48.0 Å². The van der Waals surface area contributed by atoms with Crippen LogP contribution in [0.25, 0.3) is 5.57 Å². The van der Waals surface area contributed by atoms with Gasteiger partial charge in [0.15, 0.2) is 0 Å². The van der Waals surface area contributed by atoms with Crippen LogP contribution < -0.4 is 4.74 Å². The Hall–Kier alpha value is -3.31. The van der Waals surface area contributed by atoms with E-state index < -0.39 is 24.0 Å². The summed E-state index contributed by atoms with van der Waals surface area (Å²) in [4.78, 5) is 13.0. The molecule has 2 aromatic rings. The van der Waals surface area contributed by atoms with Crippen LogP contribution in [0.3, 0.4) is 0 Å². The highest BCUT2D eigenvalue weighted by atomic mass is 19.4. The molecule has 1 spiro atoms. The molecule has 0 aromatic heterocycles. The molecule has 2 aliphatic rings. The van der Waals surface area contributed by atoms with Gasteiger partial charge in [-0.15, -0.1) is 0 Å². The fourth-order valence-electron chi connectivity index (χ4n) is 4.66. The Kier molecular flexibility index (Phi) is 5.93. The molecule has 4 rings (SSSR count). The second-order valence-corrected chi connectivity index (χ2v) is 8.54. The SMILES string of the molecule is Cc1ccc(C2=C(C#N)C(=O)N(O)C3(CCc4cc(OCCCC(F)(F)F)ccc43)C2)cc1. The van der Waals surface area contributed by atoms with E-state index >= 15 is 0 Å². The zero-order chi connectivity index (χ0) is 23.8. The molecule has 33 heavy (non-hydrogen) atoms. The summed E-state index contributed by atoms with van der Waals surface area (Å²) in [7, 11) is 0. The van der Waals surface area contributed by atoms with E-state index in [2.05, 4.69) is 0 Å². The minimum Gasteiger partial charge on any atom is -0.494 e. The van der Waals surface area contributed by atoms with E-state index in [9.17, 15) is 28.4 Å². The fourth-order valence-corrected chi connectivity index (χ4v) is 4.66. The summed E-state index contributed by atoms with van der Waals surface area (Å²) < 4.78 is 42.5. The number of nitrogens with zero attached hydrogens (tertiary/aromatic N) is 2. The van der Waals surface area contributed by atoms with Crippen molar-refractivity contribution >= 4 is 11.5 Å². The minimum absolute atomic E-state index is 0.0557. The van der Waals surface area contributed by atoms with Crippen molar-refractivity contribution in [2.24, 2.45) is 0 Å². The Morgan fingerprint density at radius 1 is 1.21 bits per heavy atom. The average molecular weight is 456 g/mol. The van der Waals surface area contributed by atoms with Crippen LogP contribution in [0.2, 0.25) is 0 Å². The van der Waals surface area contributed by atoms with Gasteiger partial charge in [0.05, 0.1) is 6.61 Å². The van der Waals surface area contributed by atoms with Gasteiger partial charge in [-0.25, -0.2) is 5.06 Å². The van der Waals surface area contributed by atoms with Crippen molar-refractivity contribution in [1.29, 1.82) is 5.26 Å². The molecule has 0 saturated heterocycles. The molecule has 1 heterocycles. The Morgan fingerprint density at radius 3 is 2.61 bits per heavy atom. The molecule has 0 fully saturated rings. The number of aryl methyl sites for hydroxylation is 2. The Morgan fingerprint density at radius 2 is 1.94 bits per heavy atom. The van der Waals surface area contributed by atoms with Crippen LogP contribution in [0.1, 0.15) is 47.9 Å². The summed E-state index contributed by atoms with van der Waals surface area (Å²) in [6.07, 6.45) is -3.96. The zero-order valence-electron chi connectivity index (χ0n) is 18.1. The molecule has 172 valence electrons. The second-order valence-electron chi connectivity index (χ2n) is 8.54. The van der Waals surface area contributed by atoms with E-state index in [-0.39, 0.29) is 25.0 Å². The first-order valence-corrected chi connectivity index (χ1v) is 10.7. The highest BCUT2D eigenvalue weighted by Crippen LogP contribution is 2.51. The lowest BCUT2D eigenvalue weighted by atomic mass is 9.77. The molecule has 1 amide bonds. The van der Waals surface area contributed by atoms with E-state index in [4.69, 9.17) is 4.74 Å². The van der Waals surface area contributed by atoms with E-state index in [0.29, 0.717) is 29.2 Å². The molecule has 0 saturated carbocycles. The van der Waals surface area contributed by atoms with Gasteiger partial charge in [-0.2, -0.15) is 18.4 Å². The van der Waals surface area contributed by atoms with E-state index in [1.807, 2.05) is 37.3 Å². The van der Waals surface area contributed by atoms with Crippen LogP contribution in [0, 0.1) is 18.3 Å². The van der Waals surface area contributed by atoms with Gasteiger partial charge in [-0.05, 0) is 60.6 Å². The largest absolute Gasteiger partial charge is 0.494 e. The van der Waals surface area contributed by atoms with Crippen molar-refractivity contribution in [1.82, 2.24) is 5.06 Å². The van der Waals surface area contributed by atoms with Gasteiger partial charge in [0.25, 0.3) is 5.91 Å². The van der Waals surface area contributed by atoms with Crippen LogP contribution >= 0.6 is 0 Å². The highest BCUT2D eigenvalue weighted by Gasteiger charge is 2.51. The van der Waals surface area contributed by atoms with Gasteiger partial charge in [0.1, 0.15) is 22.9 Å². The number of hydroxylamine groups is 2. The molecule has 1 N–H and O–H groups in total. The smallest absolute Gasteiger partial charge is 0.389 e. The molecule has 0 bridgehead atoms. The van der Waals surface area contributed by atoms with Gasteiger partial charge in [0.2, 0.25) is 0 Å².